The number of hydrogen-bond acceptors (Lipinski definition) is 4. The lowest BCUT2D eigenvalue weighted by Gasteiger charge is -2.18. The highest BCUT2D eigenvalue weighted by atomic mass is 35.5. The Morgan fingerprint density at radius 1 is 1.33 bits per heavy atom. The molecular weight excluding hydrogens is 230 g/mol. The van der Waals surface area contributed by atoms with Crippen LogP contribution in [0.3, 0.4) is 0 Å². The van der Waals surface area contributed by atoms with Crippen molar-refractivity contribution in [1.82, 2.24) is 19.9 Å². The molecule has 2 heterocycles. The Morgan fingerprint density at radius 3 is 2.73 bits per heavy atom. The van der Waals surface area contributed by atoms with Gasteiger partial charge in [-0.2, -0.15) is 9.97 Å². The van der Waals surface area contributed by atoms with Crippen molar-refractivity contribution in [2.24, 2.45) is 0 Å². The van der Waals surface area contributed by atoms with Gasteiger partial charge in [0, 0.05) is 0 Å². The largest absolute Gasteiger partial charge is 0.394 e. The summed E-state index contributed by atoms with van der Waals surface area (Å²) in [5, 5.41) is 0.218. The van der Waals surface area contributed by atoms with Crippen LogP contribution in [-0.2, 0) is 0 Å². The molecule has 80 valence electrons. The van der Waals surface area contributed by atoms with Crippen LogP contribution in [0.5, 0.6) is 0 Å². The minimum absolute atomic E-state index is 0.218. The van der Waals surface area contributed by atoms with Crippen molar-refractivity contribution in [2.75, 3.05) is 4.98 Å². The number of nitrogens with zero attached hydrogens (tertiary/aromatic N) is 3. The highest BCUT2D eigenvalue weighted by Crippen LogP contribution is 2.20. The third-order valence-corrected chi connectivity index (χ3v) is 2.91. The van der Waals surface area contributed by atoms with Gasteiger partial charge in [-0.05, 0) is 11.6 Å². The highest BCUT2D eigenvalue weighted by molar-refractivity contribution is 6.79. The average Bonchev–Trinajstić information content (AvgIpc) is 2.48. The molecule has 0 aromatic carbocycles. The topological polar surface area (TPSA) is 66.5 Å². The highest BCUT2D eigenvalue weighted by Gasteiger charge is 2.17. The number of hydrogen-bond donors (Lipinski definition) is 2. The van der Waals surface area contributed by atoms with E-state index in [0.717, 1.165) is 11.3 Å². The third kappa shape index (κ3) is 2.27. The molecule has 0 aliphatic rings. The first-order valence-electron chi connectivity index (χ1n) is 4.60. The molecule has 0 unspecified atom stereocenters. The predicted octanol–water partition coefficient (Wildman–Crippen LogP) is 2.25. The molecule has 0 aliphatic carbocycles. The van der Waals surface area contributed by atoms with Gasteiger partial charge < -0.3 is 9.97 Å². The fourth-order valence-electron chi connectivity index (χ4n) is 1.25. The molecule has 2 aromatic rings. The summed E-state index contributed by atoms with van der Waals surface area (Å²) in [6.07, 6.45) is 1.59. The van der Waals surface area contributed by atoms with Crippen LogP contribution in [0.4, 0.5) is 5.82 Å². The standard InChI is InChI=1S/C8H12ClN5Si/c1-15(2,3)14-7-5-6(11-4-10-5)12-8(9)13-7/h4H,1-3H3,(H2,10,11,12,13,14). The molecule has 0 aliphatic heterocycles. The number of aromatic nitrogens is 4. The Morgan fingerprint density at radius 2 is 2.07 bits per heavy atom. The molecule has 2 aromatic heterocycles. The van der Waals surface area contributed by atoms with Gasteiger partial charge in [-0.25, -0.2) is 4.98 Å². The summed E-state index contributed by atoms with van der Waals surface area (Å²) in [6.45, 7) is 6.56. The first kappa shape index (κ1) is 10.4. The minimum atomic E-state index is -1.46. The van der Waals surface area contributed by atoms with Gasteiger partial charge in [-0.1, -0.05) is 19.6 Å². The zero-order valence-corrected chi connectivity index (χ0v) is 10.6. The Kier molecular flexibility index (Phi) is 2.39. The summed E-state index contributed by atoms with van der Waals surface area (Å²) >= 11 is 5.81. The van der Waals surface area contributed by atoms with Gasteiger partial charge in [-0.15, -0.1) is 0 Å². The molecule has 0 saturated carbocycles. The van der Waals surface area contributed by atoms with Crippen molar-refractivity contribution in [3.05, 3.63) is 11.6 Å². The Labute approximate surface area is 93.4 Å². The minimum Gasteiger partial charge on any atom is -0.394 e. The number of anilines is 1. The molecule has 7 heteroatoms. The maximum atomic E-state index is 5.81. The van der Waals surface area contributed by atoms with E-state index >= 15 is 0 Å². The van der Waals surface area contributed by atoms with Crippen molar-refractivity contribution < 1.29 is 0 Å². The van der Waals surface area contributed by atoms with Crippen LogP contribution >= 0.6 is 11.6 Å². The van der Waals surface area contributed by atoms with E-state index in [0.29, 0.717) is 5.65 Å². The maximum Gasteiger partial charge on any atom is 0.226 e. The molecule has 0 atom stereocenters. The van der Waals surface area contributed by atoms with Crippen molar-refractivity contribution in [3.8, 4) is 0 Å². The molecule has 15 heavy (non-hydrogen) atoms. The second kappa shape index (κ2) is 3.46. The number of fused-ring (bicyclic) bond motifs is 1. The smallest absolute Gasteiger partial charge is 0.226 e. The van der Waals surface area contributed by atoms with Crippen molar-refractivity contribution in [3.63, 3.8) is 0 Å². The third-order valence-electron chi connectivity index (χ3n) is 1.75. The molecular formula is C8H12ClN5Si. The Hall–Kier alpha value is -1.14. The number of nitrogens with one attached hydrogen (secondary N) is 2. The zero-order valence-electron chi connectivity index (χ0n) is 8.80. The van der Waals surface area contributed by atoms with Gasteiger partial charge in [0.15, 0.2) is 5.65 Å². The zero-order chi connectivity index (χ0) is 11.1. The van der Waals surface area contributed by atoms with Gasteiger partial charge in [-0.3, -0.25) is 0 Å². The summed E-state index contributed by atoms with van der Waals surface area (Å²) in [7, 11) is -1.46. The number of imidazole rings is 1. The molecule has 0 bridgehead atoms. The first-order valence-corrected chi connectivity index (χ1v) is 8.48. The van der Waals surface area contributed by atoms with Gasteiger partial charge in [0.2, 0.25) is 5.28 Å². The van der Waals surface area contributed by atoms with Crippen LogP contribution < -0.4 is 4.98 Å². The monoisotopic (exact) mass is 241 g/mol. The summed E-state index contributed by atoms with van der Waals surface area (Å²) in [5.41, 5.74) is 1.40. The predicted molar refractivity (Wildman–Crippen MR) is 63.7 cm³/mol. The lowest BCUT2D eigenvalue weighted by atomic mass is 10.5. The van der Waals surface area contributed by atoms with Crippen LogP contribution in [0.2, 0.25) is 24.9 Å². The van der Waals surface area contributed by atoms with E-state index in [1.165, 1.54) is 0 Å². The number of halogens is 1. The van der Waals surface area contributed by atoms with Gasteiger partial charge in [0.1, 0.15) is 19.6 Å². The normalized spacial score (nSPS) is 12.0. The summed E-state index contributed by atoms with van der Waals surface area (Å²) < 4.78 is 0. The van der Waals surface area contributed by atoms with Crippen molar-refractivity contribution >= 4 is 36.8 Å². The molecule has 5 nitrogen and oxygen atoms in total. The van der Waals surface area contributed by atoms with E-state index in [9.17, 15) is 0 Å². The molecule has 0 fully saturated rings. The van der Waals surface area contributed by atoms with E-state index in [4.69, 9.17) is 11.6 Å². The molecule has 0 spiro atoms. The van der Waals surface area contributed by atoms with E-state index in [1.54, 1.807) is 6.33 Å². The van der Waals surface area contributed by atoms with Crippen molar-refractivity contribution in [2.45, 2.75) is 19.6 Å². The summed E-state index contributed by atoms with van der Waals surface area (Å²) in [6, 6.07) is 0. The van der Waals surface area contributed by atoms with Crippen LogP contribution in [0, 0.1) is 0 Å². The van der Waals surface area contributed by atoms with Gasteiger partial charge >= 0.3 is 0 Å². The van der Waals surface area contributed by atoms with E-state index < -0.39 is 8.24 Å². The maximum absolute atomic E-state index is 5.81. The molecule has 0 saturated heterocycles. The van der Waals surface area contributed by atoms with Crippen LogP contribution in [0.15, 0.2) is 6.33 Å². The van der Waals surface area contributed by atoms with E-state index in [1.807, 2.05) is 0 Å². The molecule has 0 amide bonds. The lowest BCUT2D eigenvalue weighted by Crippen LogP contribution is -2.32. The SMILES string of the molecule is C[Si](C)(C)Nc1nc(Cl)nc2nc[nH]c12. The van der Waals surface area contributed by atoms with E-state index in [2.05, 4.69) is 44.6 Å². The van der Waals surface area contributed by atoms with Crippen LogP contribution in [0.25, 0.3) is 11.2 Å². The van der Waals surface area contributed by atoms with Crippen LogP contribution in [-0.4, -0.2) is 28.2 Å². The average molecular weight is 242 g/mol. The fraction of sp³-hybridized carbons (Fsp3) is 0.375. The number of H-pyrrole nitrogens is 1. The first-order chi connectivity index (χ1) is 6.96. The van der Waals surface area contributed by atoms with Gasteiger partial charge in [0.05, 0.1) is 6.33 Å². The van der Waals surface area contributed by atoms with Crippen molar-refractivity contribution in [1.29, 1.82) is 0 Å². The van der Waals surface area contributed by atoms with Gasteiger partial charge in [0.25, 0.3) is 0 Å². The second-order valence-electron chi connectivity index (χ2n) is 4.32. The summed E-state index contributed by atoms with van der Waals surface area (Å²) in [4.78, 5) is 18.6. The molecule has 2 rings (SSSR count). The lowest BCUT2D eigenvalue weighted by molar-refractivity contribution is 1.20. The fourth-order valence-corrected chi connectivity index (χ4v) is 2.31. The summed E-state index contributed by atoms with van der Waals surface area (Å²) in [5.74, 6) is 0.738. The van der Waals surface area contributed by atoms with Crippen LogP contribution in [0.1, 0.15) is 0 Å². The Bertz CT molecular complexity index is 489. The molecule has 0 radical (unpaired) electrons. The van der Waals surface area contributed by atoms with E-state index in [-0.39, 0.29) is 5.28 Å². The quantitative estimate of drug-likeness (QED) is 0.625. The Balaban J connectivity index is 2.53. The second-order valence-corrected chi connectivity index (χ2v) is 9.41. The number of rotatable bonds is 2. The molecule has 2 N–H and O–H groups in total. The number of aromatic amines is 1.